The zero-order chi connectivity index (χ0) is 19.6. The Hall–Kier alpha value is -2.83. The van der Waals surface area contributed by atoms with Crippen LogP contribution in [0.3, 0.4) is 0 Å². The first kappa shape index (κ1) is 18.5. The van der Waals surface area contributed by atoms with Crippen LogP contribution in [-0.2, 0) is 17.9 Å². The lowest BCUT2D eigenvalue weighted by molar-refractivity contribution is -0.133. The fourth-order valence-corrected chi connectivity index (χ4v) is 4.24. The van der Waals surface area contributed by atoms with Crippen LogP contribution in [0.15, 0.2) is 47.1 Å². The molecule has 0 atom stereocenters. The lowest BCUT2D eigenvalue weighted by atomic mass is 9.85. The Kier molecular flexibility index (Phi) is 5.07. The van der Waals surface area contributed by atoms with Crippen molar-refractivity contribution < 1.29 is 18.4 Å². The van der Waals surface area contributed by atoms with Crippen molar-refractivity contribution in [1.29, 1.82) is 0 Å². The van der Waals surface area contributed by atoms with Crippen molar-refractivity contribution in [2.45, 2.75) is 44.3 Å². The van der Waals surface area contributed by atoms with Gasteiger partial charge in [-0.25, -0.2) is 9.18 Å². The van der Waals surface area contributed by atoms with Crippen LogP contribution in [0.4, 0.5) is 9.18 Å². The summed E-state index contributed by atoms with van der Waals surface area (Å²) in [6, 6.07) is 9.81. The molecule has 7 heteroatoms. The van der Waals surface area contributed by atoms with Crippen LogP contribution in [0.2, 0.25) is 0 Å². The van der Waals surface area contributed by atoms with Gasteiger partial charge in [-0.2, -0.15) is 0 Å². The van der Waals surface area contributed by atoms with E-state index in [0.29, 0.717) is 38.4 Å². The predicted octanol–water partition coefficient (Wildman–Crippen LogP) is 3.29. The second kappa shape index (κ2) is 7.66. The number of carbonyl (C=O) groups is 2. The number of amides is 3. The van der Waals surface area contributed by atoms with Gasteiger partial charge in [0.1, 0.15) is 11.6 Å². The summed E-state index contributed by atoms with van der Waals surface area (Å²) in [6.07, 6.45) is 4.45. The second-order valence-corrected chi connectivity index (χ2v) is 7.56. The highest BCUT2D eigenvalue weighted by atomic mass is 19.1. The highest BCUT2D eigenvalue weighted by molar-refractivity contribution is 5.80. The standard InChI is InChI=1S/C21H24FN3O3/c22-17-5-3-16(4-6-17)15-25-19(26)7-8-21(25)9-11-24(12-10-21)20(27)23-14-18-2-1-13-28-18/h1-6,13H,7-12,14-15H2,(H,23,27). The first-order valence-electron chi connectivity index (χ1n) is 9.66. The number of nitrogens with one attached hydrogen (secondary N) is 1. The summed E-state index contributed by atoms with van der Waals surface area (Å²) in [5, 5.41) is 2.88. The van der Waals surface area contributed by atoms with Crippen molar-refractivity contribution in [2.75, 3.05) is 13.1 Å². The molecule has 6 nitrogen and oxygen atoms in total. The van der Waals surface area contributed by atoms with Crippen LogP contribution >= 0.6 is 0 Å². The normalized spacial score (nSPS) is 18.7. The molecule has 2 fully saturated rings. The minimum absolute atomic E-state index is 0.111. The van der Waals surface area contributed by atoms with Crippen molar-refractivity contribution >= 4 is 11.9 Å². The topological polar surface area (TPSA) is 65.8 Å². The number of likely N-dealkylation sites (tertiary alicyclic amines) is 2. The number of piperidine rings is 1. The molecule has 0 aliphatic carbocycles. The summed E-state index contributed by atoms with van der Waals surface area (Å²) in [7, 11) is 0. The molecule has 1 spiro atoms. The SMILES string of the molecule is O=C(NCc1ccco1)N1CCC2(CCC(=O)N2Cc2ccc(F)cc2)CC1. The molecule has 28 heavy (non-hydrogen) atoms. The van der Waals surface area contributed by atoms with E-state index in [0.717, 1.165) is 24.8 Å². The Balaban J connectivity index is 1.36. The van der Waals surface area contributed by atoms with E-state index >= 15 is 0 Å². The fourth-order valence-electron chi connectivity index (χ4n) is 4.24. The van der Waals surface area contributed by atoms with Gasteiger partial charge in [0.15, 0.2) is 0 Å². The summed E-state index contributed by atoms with van der Waals surface area (Å²) in [4.78, 5) is 28.7. The Morgan fingerprint density at radius 3 is 2.57 bits per heavy atom. The van der Waals surface area contributed by atoms with Gasteiger partial charge in [0.25, 0.3) is 0 Å². The number of rotatable bonds is 4. The smallest absolute Gasteiger partial charge is 0.317 e. The van der Waals surface area contributed by atoms with Crippen LogP contribution < -0.4 is 5.32 Å². The van der Waals surface area contributed by atoms with Crippen LogP contribution in [0, 0.1) is 5.82 Å². The van der Waals surface area contributed by atoms with Crippen LogP contribution in [0.25, 0.3) is 0 Å². The van der Waals surface area contributed by atoms with Crippen molar-refractivity contribution in [3.63, 3.8) is 0 Å². The fraction of sp³-hybridized carbons (Fsp3) is 0.429. The minimum Gasteiger partial charge on any atom is -0.467 e. The van der Waals surface area contributed by atoms with Gasteiger partial charge in [-0.05, 0) is 49.1 Å². The number of furan rings is 1. The van der Waals surface area contributed by atoms with Crippen molar-refractivity contribution in [3.05, 3.63) is 59.8 Å². The maximum Gasteiger partial charge on any atom is 0.317 e. The molecule has 4 rings (SSSR count). The number of halogens is 1. The lowest BCUT2D eigenvalue weighted by Gasteiger charge is -2.45. The summed E-state index contributed by atoms with van der Waals surface area (Å²) >= 11 is 0. The summed E-state index contributed by atoms with van der Waals surface area (Å²) < 4.78 is 18.4. The van der Waals surface area contributed by atoms with Gasteiger partial charge in [-0.3, -0.25) is 4.79 Å². The maximum absolute atomic E-state index is 13.2. The van der Waals surface area contributed by atoms with Gasteiger partial charge in [-0.15, -0.1) is 0 Å². The first-order valence-corrected chi connectivity index (χ1v) is 9.66. The number of hydrogen-bond donors (Lipinski definition) is 1. The van der Waals surface area contributed by atoms with Gasteiger partial charge in [0.2, 0.25) is 5.91 Å². The maximum atomic E-state index is 13.2. The summed E-state index contributed by atoms with van der Waals surface area (Å²) in [6.45, 7) is 2.07. The molecule has 1 aromatic heterocycles. The van der Waals surface area contributed by atoms with E-state index in [1.54, 1.807) is 29.4 Å². The molecule has 3 heterocycles. The quantitative estimate of drug-likeness (QED) is 0.878. The number of carbonyl (C=O) groups excluding carboxylic acids is 2. The Morgan fingerprint density at radius 2 is 1.89 bits per heavy atom. The molecular weight excluding hydrogens is 361 g/mol. The Labute approximate surface area is 163 Å². The molecule has 2 aromatic rings. The number of urea groups is 1. The van der Waals surface area contributed by atoms with E-state index in [1.165, 1.54) is 12.1 Å². The van der Waals surface area contributed by atoms with Crippen molar-refractivity contribution in [3.8, 4) is 0 Å². The van der Waals surface area contributed by atoms with E-state index in [4.69, 9.17) is 4.42 Å². The van der Waals surface area contributed by atoms with Crippen molar-refractivity contribution in [1.82, 2.24) is 15.1 Å². The van der Waals surface area contributed by atoms with E-state index in [1.807, 2.05) is 11.0 Å². The Morgan fingerprint density at radius 1 is 1.14 bits per heavy atom. The molecule has 0 bridgehead atoms. The lowest BCUT2D eigenvalue weighted by Crippen LogP contribution is -2.55. The van der Waals surface area contributed by atoms with Gasteiger partial charge in [0, 0.05) is 31.6 Å². The largest absolute Gasteiger partial charge is 0.467 e. The molecule has 148 valence electrons. The van der Waals surface area contributed by atoms with E-state index < -0.39 is 0 Å². The van der Waals surface area contributed by atoms with Crippen LogP contribution in [0.1, 0.15) is 37.0 Å². The average Bonchev–Trinajstić information content (AvgIpc) is 3.33. The zero-order valence-corrected chi connectivity index (χ0v) is 15.7. The average molecular weight is 385 g/mol. The van der Waals surface area contributed by atoms with E-state index in [2.05, 4.69) is 5.32 Å². The molecule has 3 amide bonds. The minimum atomic E-state index is -0.278. The number of nitrogens with zero attached hydrogens (tertiary/aromatic N) is 2. The van der Waals surface area contributed by atoms with Gasteiger partial charge in [-0.1, -0.05) is 12.1 Å². The van der Waals surface area contributed by atoms with Gasteiger partial charge < -0.3 is 19.5 Å². The van der Waals surface area contributed by atoms with Crippen molar-refractivity contribution in [2.24, 2.45) is 0 Å². The Bertz CT molecular complexity index is 827. The third-order valence-corrected chi connectivity index (χ3v) is 5.91. The zero-order valence-electron chi connectivity index (χ0n) is 15.7. The third-order valence-electron chi connectivity index (χ3n) is 5.91. The first-order chi connectivity index (χ1) is 13.6. The number of benzene rings is 1. The van der Waals surface area contributed by atoms with Crippen LogP contribution in [0.5, 0.6) is 0 Å². The molecule has 2 aliphatic rings. The second-order valence-electron chi connectivity index (χ2n) is 7.56. The predicted molar refractivity (Wildman–Crippen MR) is 101 cm³/mol. The molecule has 0 saturated carbocycles. The summed E-state index contributed by atoms with van der Waals surface area (Å²) in [5.74, 6) is 0.578. The third kappa shape index (κ3) is 3.74. The van der Waals surface area contributed by atoms with E-state index in [9.17, 15) is 14.0 Å². The highest BCUT2D eigenvalue weighted by Crippen LogP contribution is 2.40. The summed E-state index contributed by atoms with van der Waals surface area (Å²) in [5.41, 5.74) is 0.720. The molecular formula is C21H24FN3O3. The molecule has 1 aromatic carbocycles. The highest BCUT2D eigenvalue weighted by Gasteiger charge is 2.47. The molecule has 2 saturated heterocycles. The van der Waals surface area contributed by atoms with Crippen LogP contribution in [-0.4, -0.2) is 40.4 Å². The molecule has 0 unspecified atom stereocenters. The molecule has 2 aliphatic heterocycles. The molecule has 0 radical (unpaired) electrons. The monoisotopic (exact) mass is 385 g/mol. The molecule has 1 N–H and O–H groups in total. The van der Waals surface area contributed by atoms with Gasteiger partial charge in [0.05, 0.1) is 12.8 Å². The van der Waals surface area contributed by atoms with E-state index in [-0.39, 0.29) is 23.3 Å². The van der Waals surface area contributed by atoms with Gasteiger partial charge >= 0.3 is 6.03 Å². The number of hydrogen-bond acceptors (Lipinski definition) is 3.